The second kappa shape index (κ2) is 5.70. The molecule has 3 nitrogen and oxygen atoms in total. The Hall–Kier alpha value is -1.77. The summed E-state index contributed by atoms with van der Waals surface area (Å²) in [5, 5.41) is 3.15. The molecule has 2 fully saturated rings. The van der Waals surface area contributed by atoms with Crippen LogP contribution in [0.4, 0.5) is 0 Å². The Labute approximate surface area is 120 Å². The van der Waals surface area contributed by atoms with Crippen LogP contribution in [-0.2, 0) is 4.79 Å². The molecule has 1 N–H and O–H groups in total. The van der Waals surface area contributed by atoms with Gasteiger partial charge in [-0.1, -0.05) is 24.6 Å². The van der Waals surface area contributed by atoms with E-state index in [2.05, 4.69) is 5.32 Å². The molecule has 3 heteroatoms. The quantitative estimate of drug-likeness (QED) is 0.855. The van der Waals surface area contributed by atoms with E-state index in [-0.39, 0.29) is 5.91 Å². The third kappa shape index (κ3) is 2.72. The van der Waals surface area contributed by atoms with Crippen LogP contribution in [0.15, 0.2) is 30.3 Å². The van der Waals surface area contributed by atoms with Gasteiger partial charge in [0.05, 0.1) is 7.11 Å². The van der Waals surface area contributed by atoms with Crippen molar-refractivity contribution >= 4 is 12.0 Å². The van der Waals surface area contributed by atoms with E-state index in [1.807, 2.05) is 30.3 Å². The smallest absolute Gasteiger partial charge is 0.244 e. The number of carbonyl (C=O) groups excluding carboxylic acids is 1. The van der Waals surface area contributed by atoms with Crippen molar-refractivity contribution in [2.45, 2.75) is 31.7 Å². The molecule has 2 saturated carbocycles. The zero-order valence-corrected chi connectivity index (χ0v) is 11.8. The van der Waals surface area contributed by atoms with E-state index >= 15 is 0 Å². The zero-order valence-electron chi connectivity index (χ0n) is 11.8. The first-order valence-electron chi connectivity index (χ1n) is 7.38. The molecule has 0 aliphatic heterocycles. The van der Waals surface area contributed by atoms with Crippen LogP contribution < -0.4 is 10.1 Å². The number of fused-ring (bicyclic) bond motifs is 2. The lowest BCUT2D eigenvalue weighted by Crippen LogP contribution is -2.37. The van der Waals surface area contributed by atoms with Crippen LogP contribution in [-0.4, -0.2) is 19.1 Å². The molecule has 2 aliphatic rings. The Kier molecular flexibility index (Phi) is 3.77. The van der Waals surface area contributed by atoms with Crippen molar-refractivity contribution in [3.05, 3.63) is 35.9 Å². The molecule has 1 amide bonds. The Balaban J connectivity index is 1.60. The third-order valence-electron chi connectivity index (χ3n) is 4.62. The van der Waals surface area contributed by atoms with Gasteiger partial charge in [0.1, 0.15) is 5.75 Å². The predicted molar refractivity (Wildman–Crippen MR) is 79.4 cm³/mol. The number of nitrogens with one attached hydrogen (secondary N) is 1. The van der Waals surface area contributed by atoms with Gasteiger partial charge >= 0.3 is 0 Å². The van der Waals surface area contributed by atoms with Crippen LogP contribution >= 0.6 is 0 Å². The molecule has 1 aromatic rings. The van der Waals surface area contributed by atoms with Crippen LogP contribution in [0.1, 0.15) is 31.2 Å². The molecule has 0 radical (unpaired) electrons. The summed E-state index contributed by atoms with van der Waals surface area (Å²) in [7, 11) is 1.64. The summed E-state index contributed by atoms with van der Waals surface area (Å²) in [5.41, 5.74) is 0.929. The largest absolute Gasteiger partial charge is 0.496 e. The van der Waals surface area contributed by atoms with Gasteiger partial charge in [-0.2, -0.15) is 0 Å². The first kappa shape index (κ1) is 13.2. The van der Waals surface area contributed by atoms with Crippen molar-refractivity contribution in [2.75, 3.05) is 7.11 Å². The summed E-state index contributed by atoms with van der Waals surface area (Å²) in [6.45, 7) is 0. The molecule has 2 bridgehead atoms. The van der Waals surface area contributed by atoms with Crippen LogP contribution in [0.3, 0.4) is 0 Å². The fraction of sp³-hybridized carbons (Fsp3) is 0.471. The van der Waals surface area contributed by atoms with Crippen molar-refractivity contribution in [3.8, 4) is 5.75 Å². The predicted octanol–water partition coefficient (Wildman–Crippen LogP) is 3.01. The maximum atomic E-state index is 12.0. The summed E-state index contributed by atoms with van der Waals surface area (Å²) >= 11 is 0. The average molecular weight is 271 g/mol. The lowest BCUT2D eigenvalue weighted by atomic mass is 9.95. The van der Waals surface area contributed by atoms with Crippen LogP contribution in [0.25, 0.3) is 6.08 Å². The lowest BCUT2D eigenvalue weighted by molar-refractivity contribution is -0.117. The maximum Gasteiger partial charge on any atom is 0.244 e. The Bertz CT molecular complexity index is 523. The highest BCUT2D eigenvalue weighted by Crippen LogP contribution is 2.44. The van der Waals surface area contributed by atoms with E-state index < -0.39 is 0 Å². The summed E-state index contributed by atoms with van der Waals surface area (Å²) in [4.78, 5) is 12.0. The van der Waals surface area contributed by atoms with Gasteiger partial charge in [-0.25, -0.2) is 0 Å². The fourth-order valence-corrected chi connectivity index (χ4v) is 3.62. The molecular formula is C17H21NO2. The van der Waals surface area contributed by atoms with Gasteiger partial charge in [-0.3, -0.25) is 4.79 Å². The van der Waals surface area contributed by atoms with Gasteiger partial charge in [0.2, 0.25) is 5.91 Å². The standard InChI is InChI=1S/C17H21NO2/c1-20-16-5-3-2-4-13(16)8-9-17(19)18-15-11-12-6-7-14(15)10-12/h2-5,8-9,12,14-15H,6-7,10-11H2,1H3,(H,18,19)/b9-8+. The molecule has 3 unspecified atom stereocenters. The number of rotatable bonds is 4. The van der Waals surface area contributed by atoms with Gasteiger partial charge in [0.15, 0.2) is 0 Å². The van der Waals surface area contributed by atoms with Gasteiger partial charge in [0, 0.05) is 17.7 Å². The van der Waals surface area contributed by atoms with Crippen molar-refractivity contribution in [1.82, 2.24) is 5.32 Å². The van der Waals surface area contributed by atoms with Crippen LogP contribution in [0, 0.1) is 11.8 Å². The number of hydrogen-bond acceptors (Lipinski definition) is 2. The monoisotopic (exact) mass is 271 g/mol. The van der Waals surface area contributed by atoms with Crippen molar-refractivity contribution in [1.29, 1.82) is 0 Å². The second-order valence-electron chi connectivity index (χ2n) is 5.87. The highest BCUT2D eigenvalue weighted by atomic mass is 16.5. The number of amides is 1. The number of carbonyl (C=O) groups is 1. The van der Waals surface area contributed by atoms with Gasteiger partial charge < -0.3 is 10.1 Å². The molecule has 106 valence electrons. The number of hydrogen-bond donors (Lipinski definition) is 1. The molecule has 1 aromatic carbocycles. The minimum Gasteiger partial charge on any atom is -0.496 e. The number of methoxy groups -OCH3 is 1. The Morgan fingerprint density at radius 1 is 1.30 bits per heavy atom. The van der Waals surface area contributed by atoms with Crippen molar-refractivity contribution in [3.63, 3.8) is 0 Å². The summed E-state index contributed by atoms with van der Waals surface area (Å²) in [5.74, 6) is 2.36. The second-order valence-corrected chi connectivity index (χ2v) is 5.87. The zero-order chi connectivity index (χ0) is 13.9. The van der Waals surface area contributed by atoms with E-state index in [1.165, 1.54) is 25.7 Å². The first-order valence-corrected chi connectivity index (χ1v) is 7.38. The number of benzene rings is 1. The molecule has 0 aromatic heterocycles. The first-order chi connectivity index (χ1) is 9.76. The van der Waals surface area contributed by atoms with Crippen LogP contribution in [0.2, 0.25) is 0 Å². The van der Waals surface area contributed by atoms with Gasteiger partial charge in [-0.05, 0) is 43.2 Å². The lowest BCUT2D eigenvalue weighted by Gasteiger charge is -2.22. The third-order valence-corrected chi connectivity index (χ3v) is 4.62. The molecule has 20 heavy (non-hydrogen) atoms. The van der Waals surface area contributed by atoms with E-state index in [4.69, 9.17) is 4.74 Å². The number of para-hydroxylation sites is 1. The number of ether oxygens (including phenoxy) is 1. The molecule has 0 heterocycles. The molecule has 3 atom stereocenters. The van der Waals surface area contributed by atoms with Crippen molar-refractivity contribution in [2.24, 2.45) is 11.8 Å². The minimum absolute atomic E-state index is 0.00783. The Morgan fingerprint density at radius 2 is 2.15 bits per heavy atom. The summed E-state index contributed by atoms with van der Waals surface area (Å²) < 4.78 is 5.27. The maximum absolute atomic E-state index is 12.0. The van der Waals surface area contributed by atoms with E-state index in [1.54, 1.807) is 13.2 Å². The molecule has 0 spiro atoms. The SMILES string of the molecule is COc1ccccc1/C=C/C(=O)NC1CC2CCC1C2. The molecule has 3 rings (SSSR count). The molecule has 0 saturated heterocycles. The van der Waals surface area contributed by atoms with E-state index in [9.17, 15) is 4.79 Å². The highest BCUT2D eigenvalue weighted by molar-refractivity contribution is 5.92. The van der Waals surface area contributed by atoms with E-state index in [0.29, 0.717) is 12.0 Å². The fourth-order valence-electron chi connectivity index (χ4n) is 3.62. The molecule has 2 aliphatic carbocycles. The van der Waals surface area contributed by atoms with Gasteiger partial charge in [-0.15, -0.1) is 0 Å². The van der Waals surface area contributed by atoms with Crippen molar-refractivity contribution < 1.29 is 9.53 Å². The summed E-state index contributed by atoms with van der Waals surface area (Å²) in [6, 6.07) is 8.10. The minimum atomic E-state index is 0.00783. The Morgan fingerprint density at radius 3 is 2.85 bits per heavy atom. The average Bonchev–Trinajstić information content (AvgIpc) is 3.08. The van der Waals surface area contributed by atoms with Crippen LogP contribution in [0.5, 0.6) is 5.75 Å². The van der Waals surface area contributed by atoms with E-state index in [0.717, 1.165) is 17.2 Å². The van der Waals surface area contributed by atoms with Gasteiger partial charge in [0.25, 0.3) is 0 Å². The topological polar surface area (TPSA) is 38.3 Å². The summed E-state index contributed by atoms with van der Waals surface area (Å²) in [6.07, 6.45) is 8.55. The molecular weight excluding hydrogens is 250 g/mol. The normalized spacial score (nSPS) is 27.9. The highest BCUT2D eigenvalue weighted by Gasteiger charge is 2.39.